The third kappa shape index (κ3) is 1.96. The van der Waals surface area contributed by atoms with Gasteiger partial charge in [0.25, 0.3) is 0 Å². The number of fused-ring (bicyclic) bond motifs is 7. The van der Waals surface area contributed by atoms with E-state index in [-0.39, 0.29) is 0 Å². The molecule has 0 N–H and O–H groups in total. The summed E-state index contributed by atoms with van der Waals surface area (Å²) in [5, 5.41) is 5.33. The quantitative estimate of drug-likeness (QED) is 0.313. The molecule has 1 unspecified atom stereocenters. The molecule has 0 saturated carbocycles. The van der Waals surface area contributed by atoms with Crippen LogP contribution in [0.2, 0.25) is 0 Å². The molecule has 6 rings (SSSR count). The van der Waals surface area contributed by atoms with Crippen molar-refractivity contribution >= 4 is 33.7 Å². The van der Waals surface area contributed by atoms with Crippen molar-refractivity contribution in [1.29, 1.82) is 0 Å². The number of hydrogen-bond acceptors (Lipinski definition) is 0. The zero-order valence-corrected chi connectivity index (χ0v) is 14.4. The molecule has 0 amide bonds. The van der Waals surface area contributed by atoms with Crippen molar-refractivity contribution in [1.82, 2.24) is 0 Å². The molecule has 0 aliphatic heterocycles. The van der Waals surface area contributed by atoms with Gasteiger partial charge in [-0.05, 0) is 67.9 Å². The molecular weight excluding hydrogens is 312 g/mol. The topological polar surface area (TPSA) is 0 Å². The summed E-state index contributed by atoms with van der Waals surface area (Å²) >= 11 is 0. The summed E-state index contributed by atoms with van der Waals surface area (Å²) in [6, 6.07) is 26.8. The zero-order chi connectivity index (χ0) is 17.1. The first-order valence-electron chi connectivity index (χ1n) is 9.30. The third-order valence-electron chi connectivity index (χ3n) is 5.98. The Kier molecular flexibility index (Phi) is 2.81. The summed E-state index contributed by atoms with van der Waals surface area (Å²) in [7, 11) is 0. The van der Waals surface area contributed by atoms with Gasteiger partial charge in [0.05, 0.1) is 0 Å². The Hall–Kier alpha value is -3.12. The molecule has 0 bridgehead atoms. The first-order valence-corrected chi connectivity index (χ1v) is 9.30. The Bertz CT molecular complexity index is 1250. The van der Waals surface area contributed by atoms with E-state index in [1.807, 2.05) is 0 Å². The smallest absolute Gasteiger partial charge is 0.0136 e. The Morgan fingerprint density at radius 3 is 2.42 bits per heavy atom. The molecule has 122 valence electrons. The zero-order valence-electron chi connectivity index (χ0n) is 14.4. The SMILES string of the molecule is C1=Cc2c(ccc3cc4ccccc4cc23)C2Cc3ccccc3C=C12. The molecule has 2 aliphatic rings. The van der Waals surface area contributed by atoms with Gasteiger partial charge in [-0.3, -0.25) is 0 Å². The third-order valence-corrected chi connectivity index (χ3v) is 5.98. The minimum absolute atomic E-state index is 0.473. The average Bonchev–Trinajstić information content (AvgIpc) is 2.70. The molecule has 4 aromatic rings. The van der Waals surface area contributed by atoms with Gasteiger partial charge in [0.15, 0.2) is 0 Å². The molecule has 0 heteroatoms. The van der Waals surface area contributed by atoms with Crippen molar-refractivity contribution < 1.29 is 0 Å². The van der Waals surface area contributed by atoms with Crippen molar-refractivity contribution in [2.75, 3.05) is 0 Å². The monoisotopic (exact) mass is 330 g/mol. The van der Waals surface area contributed by atoms with Gasteiger partial charge >= 0.3 is 0 Å². The van der Waals surface area contributed by atoms with E-state index in [2.05, 4.69) is 91.0 Å². The van der Waals surface area contributed by atoms with Crippen LogP contribution in [0.25, 0.3) is 33.7 Å². The first kappa shape index (κ1) is 14.1. The first-order chi connectivity index (χ1) is 12.9. The summed E-state index contributed by atoms with van der Waals surface area (Å²) in [4.78, 5) is 0. The summed E-state index contributed by atoms with van der Waals surface area (Å²) in [5.41, 5.74) is 7.14. The largest absolute Gasteiger partial charge is 0.0620 e. The van der Waals surface area contributed by atoms with Crippen LogP contribution in [0.15, 0.2) is 84.4 Å². The molecule has 2 aliphatic carbocycles. The van der Waals surface area contributed by atoms with Crippen molar-refractivity contribution in [3.63, 3.8) is 0 Å². The van der Waals surface area contributed by atoms with Crippen molar-refractivity contribution in [2.45, 2.75) is 12.3 Å². The molecule has 0 heterocycles. The Morgan fingerprint density at radius 1 is 0.692 bits per heavy atom. The van der Waals surface area contributed by atoms with E-state index in [1.165, 1.54) is 49.4 Å². The highest BCUT2D eigenvalue weighted by atomic mass is 14.3. The minimum Gasteiger partial charge on any atom is -0.0620 e. The lowest BCUT2D eigenvalue weighted by Crippen LogP contribution is -2.14. The van der Waals surface area contributed by atoms with Gasteiger partial charge in [0, 0.05) is 5.92 Å². The fourth-order valence-corrected chi connectivity index (χ4v) is 4.66. The van der Waals surface area contributed by atoms with Crippen LogP contribution < -0.4 is 0 Å². The van der Waals surface area contributed by atoms with E-state index in [9.17, 15) is 0 Å². The number of rotatable bonds is 0. The van der Waals surface area contributed by atoms with Crippen LogP contribution in [0.1, 0.15) is 28.2 Å². The van der Waals surface area contributed by atoms with Crippen molar-refractivity contribution in [2.24, 2.45) is 0 Å². The molecule has 0 saturated heterocycles. The van der Waals surface area contributed by atoms with E-state index in [1.54, 1.807) is 0 Å². The molecule has 0 spiro atoms. The van der Waals surface area contributed by atoms with Crippen LogP contribution in [0.3, 0.4) is 0 Å². The Labute approximate surface area is 153 Å². The summed E-state index contributed by atoms with van der Waals surface area (Å²) in [5.74, 6) is 0.473. The maximum Gasteiger partial charge on any atom is 0.0136 e. The van der Waals surface area contributed by atoms with Crippen LogP contribution in [0, 0.1) is 0 Å². The molecule has 0 nitrogen and oxygen atoms in total. The summed E-state index contributed by atoms with van der Waals surface area (Å²) < 4.78 is 0. The fourth-order valence-electron chi connectivity index (χ4n) is 4.66. The van der Waals surface area contributed by atoms with Crippen LogP contribution in [0.4, 0.5) is 0 Å². The van der Waals surface area contributed by atoms with E-state index in [0.717, 1.165) is 6.42 Å². The molecular formula is C26H18. The average molecular weight is 330 g/mol. The molecule has 0 radical (unpaired) electrons. The van der Waals surface area contributed by atoms with Crippen LogP contribution in [-0.2, 0) is 6.42 Å². The van der Waals surface area contributed by atoms with E-state index in [4.69, 9.17) is 0 Å². The lowest BCUT2D eigenvalue weighted by Gasteiger charge is -2.30. The predicted molar refractivity (Wildman–Crippen MR) is 111 cm³/mol. The van der Waals surface area contributed by atoms with Gasteiger partial charge < -0.3 is 0 Å². The normalized spacial score (nSPS) is 17.5. The summed E-state index contributed by atoms with van der Waals surface area (Å²) in [6.07, 6.45) is 8.12. The van der Waals surface area contributed by atoms with E-state index >= 15 is 0 Å². The fraction of sp³-hybridized carbons (Fsp3) is 0.0769. The molecule has 1 atom stereocenters. The predicted octanol–water partition coefficient (Wildman–Crippen LogP) is 6.74. The van der Waals surface area contributed by atoms with Crippen LogP contribution in [-0.4, -0.2) is 0 Å². The Morgan fingerprint density at radius 2 is 1.50 bits per heavy atom. The maximum absolute atomic E-state index is 2.37. The highest BCUT2D eigenvalue weighted by Gasteiger charge is 2.26. The maximum atomic E-state index is 2.37. The standard InChI is InChI=1S/C26H18/c1-3-7-19-15-25-21(13-17(19)5-1)9-11-24-23(25)12-10-22-14-18-6-2-4-8-20(18)16-26(22)24/h1-15,26H,16H2. The van der Waals surface area contributed by atoms with E-state index < -0.39 is 0 Å². The molecule has 0 fully saturated rings. The van der Waals surface area contributed by atoms with Crippen molar-refractivity contribution in [3.05, 3.63) is 107 Å². The second-order valence-corrected chi connectivity index (χ2v) is 7.42. The van der Waals surface area contributed by atoms with Gasteiger partial charge in [0.1, 0.15) is 0 Å². The van der Waals surface area contributed by atoms with Crippen molar-refractivity contribution in [3.8, 4) is 0 Å². The second-order valence-electron chi connectivity index (χ2n) is 7.42. The highest BCUT2D eigenvalue weighted by molar-refractivity contribution is 6.03. The minimum atomic E-state index is 0.473. The lowest BCUT2D eigenvalue weighted by molar-refractivity contribution is 0.791. The Balaban J connectivity index is 1.60. The van der Waals surface area contributed by atoms with Gasteiger partial charge in [-0.15, -0.1) is 0 Å². The van der Waals surface area contributed by atoms with Gasteiger partial charge in [-0.2, -0.15) is 0 Å². The number of hydrogen-bond donors (Lipinski definition) is 0. The number of allylic oxidation sites excluding steroid dienone is 2. The van der Waals surface area contributed by atoms with Crippen LogP contribution >= 0.6 is 0 Å². The lowest BCUT2D eigenvalue weighted by atomic mass is 9.74. The van der Waals surface area contributed by atoms with Gasteiger partial charge in [-0.25, -0.2) is 0 Å². The van der Waals surface area contributed by atoms with Gasteiger partial charge in [0.2, 0.25) is 0 Å². The van der Waals surface area contributed by atoms with E-state index in [0.29, 0.717) is 5.92 Å². The second kappa shape index (κ2) is 5.19. The van der Waals surface area contributed by atoms with Gasteiger partial charge in [-0.1, -0.05) is 78.9 Å². The summed E-state index contributed by atoms with van der Waals surface area (Å²) in [6.45, 7) is 0. The molecule has 0 aromatic heterocycles. The molecule has 4 aromatic carbocycles. The number of benzene rings is 4. The van der Waals surface area contributed by atoms with Crippen LogP contribution in [0.5, 0.6) is 0 Å². The molecule has 26 heavy (non-hydrogen) atoms. The highest BCUT2D eigenvalue weighted by Crippen LogP contribution is 2.43.